The topological polar surface area (TPSA) is 86.1 Å². The summed E-state index contributed by atoms with van der Waals surface area (Å²) < 4.78 is 13.7. The summed E-state index contributed by atoms with van der Waals surface area (Å²) in [4.78, 5) is 8.77. The van der Waals surface area contributed by atoms with E-state index >= 15 is 0 Å². The van der Waals surface area contributed by atoms with Crippen LogP contribution in [0.3, 0.4) is 0 Å². The molecular weight excluding hydrogens is 356 g/mol. The van der Waals surface area contributed by atoms with Crippen LogP contribution in [-0.4, -0.2) is 46.1 Å². The number of hydrogen-bond donors (Lipinski definition) is 2. The summed E-state index contributed by atoms with van der Waals surface area (Å²) in [6, 6.07) is 0.218. The predicted octanol–water partition coefficient (Wildman–Crippen LogP) is 3.17. The Morgan fingerprint density at radius 3 is 3.04 bits per heavy atom. The van der Waals surface area contributed by atoms with Gasteiger partial charge < -0.3 is 20.1 Å². The van der Waals surface area contributed by atoms with Gasteiger partial charge in [-0.1, -0.05) is 18.5 Å². The molecule has 2 aliphatic heterocycles. The van der Waals surface area contributed by atoms with Crippen molar-refractivity contribution in [3.05, 3.63) is 16.9 Å². The van der Waals surface area contributed by atoms with E-state index in [-0.39, 0.29) is 12.0 Å². The van der Waals surface area contributed by atoms with Gasteiger partial charge in [0.1, 0.15) is 10.7 Å². The lowest BCUT2D eigenvalue weighted by molar-refractivity contribution is 0.0536. The standard InChI is InChI=1S/C17H23ClN6O2/c1-10-6-19-15-13(18)7-20-17(22-15)21-14-11(2)24(23-16(14)26-8-10)12-4-3-5-25-9-12/h7,10,12H,3-6,8-9H2,1-2H3,(H2,19,20,21,22). The van der Waals surface area contributed by atoms with E-state index in [4.69, 9.17) is 26.2 Å². The Hall–Kier alpha value is -2.06. The molecule has 0 spiro atoms. The Bertz CT molecular complexity index is 790. The Morgan fingerprint density at radius 1 is 1.35 bits per heavy atom. The normalized spacial score (nSPS) is 23.0. The van der Waals surface area contributed by atoms with Gasteiger partial charge in [0.05, 0.1) is 31.1 Å². The predicted molar refractivity (Wildman–Crippen MR) is 99.5 cm³/mol. The monoisotopic (exact) mass is 378 g/mol. The van der Waals surface area contributed by atoms with Gasteiger partial charge in [-0.15, -0.1) is 5.10 Å². The van der Waals surface area contributed by atoms with Crippen molar-refractivity contribution in [3.8, 4) is 5.88 Å². The van der Waals surface area contributed by atoms with Gasteiger partial charge in [-0.2, -0.15) is 4.98 Å². The summed E-state index contributed by atoms with van der Waals surface area (Å²) >= 11 is 6.20. The third-order valence-electron chi connectivity index (χ3n) is 4.70. The average Bonchev–Trinajstić information content (AvgIpc) is 2.95. The molecule has 2 unspecified atom stereocenters. The van der Waals surface area contributed by atoms with E-state index in [2.05, 4.69) is 27.5 Å². The summed E-state index contributed by atoms with van der Waals surface area (Å²) in [5, 5.41) is 11.7. The van der Waals surface area contributed by atoms with E-state index in [9.17, 15) is 0 Å². The maximum atomic E-state index is 6.20. The summed E-state index contributed by atoms with van der Waals surface area (Å²) in [6.45, 7) is 6.85. The van der Waals surface area contributed by atoms with Crippen LogP contribution in [0.25, 0.3) is 0 Å². The van der Waals surface area contributed by atoms with Gasteiger partial charge in [-0.05, 0) is 19.8 Å². The van der Waals surface area contributed by atoms with Gasteiger partial charge >= 0.3 is 0 Å². The van der Waals surface area contributed by atoms with Crippen molar-refractivity contribution in [1.29, 1.82) is 0 Å². The first kappa shape index (κ1) is 17.4. The van der Waals surface area contributed by atoms with Gasteiger partial charge in [-0.25, -0.2) is 4.98 Å². The van der Waals surface area contributed by atoms with Crippen LogP contribution >= 0.6 is 11.6 Å². The van der Waals surface area contributed by atoms with E-state index in [1.165, 1.54) is 0 Å². The van der Waals surface area contributed by atoms with E-state index < -0.39 is 0 Å². The molecule has 9 heteroatoms. The molecule has 2 bridgehead atoms. The molecule has 1 fully saturated rings. The first-order valence-corrected chi connectivity index (χ1v) is 9.32. The molecule has 0 amide bonds. The van der Waals surface area contributed by atoms with Crippen molar-refractivity contribution >= 4 is 29.1 Å². The summed E-state index contributed by atoms with van der Waals surface area (Å²) in [6.07, 6.45) is 3.68. The number of fused-ring (bicyclic) bond motifs is 3. The third kappa shape index (κ3) is 3.43. The zero-order valence-electron chi connectivity index (χ0n) is 15.0. The SMILES string of the molecule is Cc1c2c(nn1C1CCCOC1)OCC(C)CNc1nc(ncc1Cl)N2. The number of nitrogens with zero attached hydrogens (tertiary/aromatic N) is 4. The van der Waals surface area contributed by atoms with Crippen LogP contribution in [0.2, 0.25) is 5.02 Å². The van der Waals surface area contributed by atoms with Gasteiger partial charge in [0.2, 0.25) is 5.95 Å². The molecule has 2 N–H and O–H groups in total. The van der Waals surface area contributed by atoms with Crippen molar-refractivity contribution in [3.63, 3.8) is 0 Å². The van der Waals surface area contributed by atoms with E-state index in [1.54, 1.807) is 6.20 Å². The Balaban J connectivity index is 1.72. The molecule has 2 aliphatic rings. The van der Waals surface area contributed by atoms with Gasteiger partial charge in [0, 0.05) is 19.1 Å². The van der Waals surface area contributed by atoms with Crippen molar-refractivity contribution < 1.29 is 9.47 Å². The highest BCUT2D eigenvalue weighted by Crippen LogP contribution is 2.34. The average molecular weight is 379 g/mol. The number of hydrogen-bond acceptors (Lipinski definition) is 7. The molecule has 0 saturated carbocycles. The molecular formula is C17H23ClN6O2. The maximum absolute atomic E-state index is 6.20. The molecule has 0 radical (unpaired) electrons. The summed E-state index contributed by atoms with van der Waals surface area (Å²) in [7, 11) is 0. The highest BCUT2D eigenvalue weighted by molar-refractivity contribution is 6.32. The lowest BCUT2D eigenvalue weighted by Crippen LogP contribution is -2.23. The minimum Gasteiger partial charge on any atom is -0.475 e. The number of anilines is 3. The molecule has 4 rings (SSSR count). The Kier molecular flexibility index (Phi) is 4.86. The summed E-state index contributed by atoms with van der Waals surface area (Å²) in [5.41, 5.74) is 1.77. The largest absolute Gasteiger partial charge is 0.475 e. The second-order valence-electron chi connectivity index (χ2n) is 6.89. The van der Waals surface area contributed by atoms with Crippen LogP contribution in [0.4, 0.5) is 17.5 Å². The van der Waals surface area contributed by atoms with Crippen LogP contribution in [-0.2, 0) is 4.74 Å². The Labute approximate surface area is 157 Å². The first-order valence-electron chi connectivity index (χ1n) is 8.95. The number of halogens is 1. The highest BCUT2D eigenvalue weighted by atomic mass is 35.5. The fourth-order valence-corrected chi connectivity index (χ4v) is 3.38. The smallest absolute Gasteiger partial charge is 0.257 e. The van der Waals surface area contributed by atoms with Crippen LogP contribution in [0, 0.1) is 12.8 Å². The van der Waals surface area contributed by atoms with E-state index in [0.717, 1.165) is 30.8 Å². The second-order valence-corrected chi connectivity index (χ2v) is 7.30. The molecule has 2 aromatic rings. The van der Waals surface area contributed by atoms with Gasteiger partial charge in [0.15, 0.2) is 5.82 Å². The Morgan fingerprint density at radius 2 is 2.23 bits per heavy atom. The first-order chi connectivity index (χ1) is 12.6. The fraction of sp³-hybridized carbons (Fsp3) is 0.588. The fourth-order valence-electron chi connectivity index (χ4n) is 3.22. The molecule has 26 heavy (non-hydrogen) atoms. The lowest BCUT2D eigenvalue weighted by atomic mass is 10.1. The van der Waals surface area contributed by atoms with Crippen LogP contribution in [0.15, 0.2) is 6.20 Å². The number of ether oxygens (including phenoxy) is 2. The quantitative estimate of drug-likeness (QED) is 0.788. The van der Waals surface area contributed by atoms with Crippen molar-refractivity contribution in [2.24, 2.45) is 5.92 Å². The maximum Gasteiger partial charge on any atom is 0.257 e. The van der Waals surface area contributed by atoms with E-state index in [0.29, 0.717) is 42.4 Å². The van der Waals surface area contributed by atoms with Gasteiger partial charge in [-0.3, -0.25) is 4.68 Å². The minimum absolute atomic E-state index is 0.218. The van der Waals surface area contributed by atoms with Crippen LogP contribution < -0.4 is 15.4 Å². The van der Waals surface area contributed by atoms with Crippen molar-refractivity contribution in [2.75, 3.05) is 37.0 Å². The number of rotatable bonds is 1. The molecule has 8 nitrogen and oxygen atoms in total. The molecule has 4 heterocycles. The third-order valence-corrected chi connectivity index (χ3v) is 4.98. The molecule has 0 aliphatic carbocycles. The number of aromatic nitrogens is 4. The van der Waals surface area contributed by atoms with E-state index in [1.807, 2.05) is 11.6 Å². The molecule has 0 aromatic carbocycles. The number of nitrogens with one attached hydrogen (secondary N) is 2. The van der Waals surface area contributed by atoms with Gasteiger partial charge in [0.25, 0.3) is 5.88 Å². The minimum atomic E-state index is 0.218. The highest BCUT2D eigenvalue weighted by Gasteiger charge is 2.25. The lowest BCUT2D eigenvalue weighted by Gasteiger charge is -2.23. The molecule has 1 saturated heterocycles. The van der Waals surface area contributed by atoms with Crippen molar-refractivity contribution in [1.82, 2.24) is 19.7 Å². The molecule has 140 valence electrons. The van der Waals surface area contributed by atoms with Crippen LogP contribution in [0.5, 0.6) is 5.88 Å². The zero-order valence-corrected chi connectivity index (χ0v) is 15.7. The summed E-state index contributed by atoms with van der Waals surface area (Å²) in [5.74, 6) is 1.91. The molecule has 2 aromatic heterocycles. The second kappa shape index (κ2) is 7.28. The van der Waals surface area contributed by atoms with Crippen molar-refractivity contribution in [2.45, 2.75) is 32.7 Å². The zero-order chi connectivity index (χ0) is 18.1. The molecule has 2 atom stereocenters. The van der Waals surface area contributed by atoms with Crippen LogP contribution in [0.1, 0.15) is 31.5 Å².